The maximum absolute atomic E-state index is 12.8. The zero-order chi connectivity index (χ0) is 18.8. The molecule has 6 heteroatoms. The van der Waals surface area contributed by atoms with Crippen molar-refractivity contribution in [3.63, 3.8) is 0 Å². The van der Waals surface area contributed by atoms with E-state index in [0.717, 1.165) is 23.7 Å². The Hall–Kier alpha value is -2.79. The molecule has 2 aromatic carbocycles. The van der Waals surface area contributed by atoms with Crippen molar-refractivity contribution in [1.82, 2.24) is 0 Å². The van der Waals surface area contributed by atoms with Gasteiger partial charge in [0.25, 0.3) is 5.91 Å². The molecule has 1 aliphatic rings. The SMILES string of the molecule is CCN(CC)c1ccc(N2C(=O)C(O)=C(c3ccc(Cl)cc3)C2=O)cc1. The quantitative estimate of drug-likeness (QED) is 0.807. The number of rotatable bonds is 5. The maximum atomic E-state index is 12.8. The lowest BCUT2D eigenvalue weighted by molar-refractivity contribution is -0.121. The van der Waals surface area contributed by atoms with Gasteiger partial charge in [-0.15, -0.1) is 0 Å². The summed E-state index contributed by atoms with van der Waals surface area (Å²) in [5.41, 5.74) is 1.87. The van der Waals surface area contributed by atoms with Crippen LogP contribution in [0.1, 0.15) is 19.4 Å². The molecular weight excluding hydrogens is 352 g/mol. The van der Waals surface area contributed by atoms with Crippen molar-refractivity contribution in [2.75, 3.05) is 22.9 Å². The molecule has 1 heterocycles. The Labute approximate surface area is 157 Å². The highest BCUT2D eigenvalue weighted by Crippen LogP contribution is 2.33. The molecule has 26 heavy (non-hydrogen) atoms. The molecule has 0 atom stereocenters. The summed E-state index contributed by atoms with van der Waals surface area (Å²) in [6, 6.07) is 13.6. The van der Waals surface area contributed by atoms with Crippen LogP contribution in [0.15, 0.2) is 54.3 Å². The number of benzene rings is 2. The van der Waals surface area contributed by atoms with E-state index in [1.807, 2.05) is 12.1 Å². The first kappa shape index (κ1) is 18.0. The van der Waals surface area contributed by atoms with E-state index in [1.54, 1.807) is 36.4 Å². The number of aliphatic hydroxyl groups excluding tert-OH is 1. The van der Waals surface area contributed by atoms with Gasteiger partial charge in [0.05, 0.1) is 11.3 Å². The molecular formula is C20H19ClN2O3. The monoisotopic (exact) mass is 370 g/mol. The lowest BCUT2D eigenvalue weighted by Gasteiger charge is -2.22. The Balaban J connectivity index is 1.92. The van der Waals surface area contributed by atoms with Crippen molar-refractivity contribution in [1.29, 1.82) is 0 Å². The van der Waals surface area contributed by atoms with Gasteiger partial charge < -0.3 is 10.0 Å². The van der Waals surface area contributed by atoms with Crippen LogP contribution < -0.4 is 9.80 Å². The second-order valence-corrected chi connectivity index (χ2v) is 6.30. The highest BCUT2D eigenvalue weighted by atomic mass is 35.5. The van der Waals surface area contributed by atoms with E-state index in [1.165, 1.54) is 0 Å². The summed E-state index contributed by atoms with van der Waals surface area (Å²) < 4.78 is 0. The number of hydrogen-bond acceptors (Lipinski definition) is 4. The fourth-order valence-electron chi connectivity index (χ4n) is 3.03. The summed E-state index contributed by atoms with van der Waals surface area (Å²) in [6.07, 6.45) is 0. The molecule has 0 radical (unpaired) electrons. The maximum Gasteiger partial charge on any atom is 0.301 e. The van der Waals surface area contributed by atoms with Crippen molar-refractivity contribution < 1.29 is 14.7 Å². The number of carbonyl (C=O) groups is 2. The van der Waals surface area contributed by atoms with E-state index in [4.69, 9.17) is 11.6 Å². The van der Waals surface area contributed by atoms with Crippen LogP contribution in [0.4, 0.5) is 11.4 Å². The second kappa shape index (κ2) is 7.22. The normalized spacial score (nSPS) is 14.3. The summed E-state index contributed by atoms with van der Waals surface area (Å²) in [5, 5.41) is 10.7. The molecule has 0 bridgehead atoms. The van der Waals surface area contributed by atoms with Gasteiger partial charge in [-0.3, -0.25) is 9.59 Å². The zero-order valence-electron chi connectivity index (χ0n) is 14.6. The van der Waals surface area contributed by atoms with Crippen molar-refractivity contribution in [2.45, 2.75) is 13.8 Å². The minimum atomic E-state index is -0.726. The van der Waals surface area contributed by atoms with E-state index in [-0.39, 0.29) is 5.57 Å². The molecule has 5 nitrogen and oxygen atoms in total. The molecule has 0 saturated carbocycles. The number of aliphatic hydroxyl groups is 1. The number of carbonyl (C=O) groups excluding carboxylic acids is 2. The lowest BCUT2D eigenvalue weighted by Crippen LogP contribution is -2.31. The van der Waals surface area contributed by atoms with Gasteiger partial charge in [-0.05, 0) is 55.8 Å². The van der Waals surface area contributed by atoms with Crippen molar-refractivity contribution >= 4 is 40.4 Å². The Morgan fingerprint density at radius 2 is 1.50 bits per heavy atom. The largest absolute Gasteiger partial charge is 0.502 e. The third-order valence-corrected chi connectivity index (χ3v) is 4.68. The number of halogens is 1. The summed E-state index contributed by atoms with van der Waals surface area (Å²) in [4.78, 5) is 28.4. The molecule has 1 N–H and O–H groups in total. The topological polar surface area (TPSA) is 60.9 Å². The van der Waals surface area contributed by atoms with E-state index in [9.17, 15) is 14.7 Å². The number of amides is 2. The Morgan fingerprint density at radius 3 is 2.04 bits per heavy atom. The van der Waals surface area contributed by atoms with Gasteiger partial charge in [0.2, 0.25) is 0 Å². The van der Waals surface area contributed by atoms with Crippen LogP contribution in [0.2, 0.25) is 5.02 Å². The van der Waals surface area contributed by atoms with E-state index >= 15 is 0 Å². The Bertz CT molecular complexity index is 869. The van der Waals surface area contributed by atoms with Crippen LogP contribution in [0.3, 0.4) is 0 Å². The summed E-state index contributed by atoms with van der Waals surface area (Å²) in [6.45, 7) is 5.84. The van der Waals surface area contributed by atoms with Crippen molar-refractivity contribution in [3.05, 3.63) is 64.9 Å². The van der Waals surface area contributed by atoms with Gasteiger partial charge in [0.15, 0.2) is 5.76 Å². The van der Waals surface area contributed by atoms with E-state index in [2.05, 4.69) is 18.7 Å². The van der Waals surface area contributed by atoms with Crippen LogP contribution in [-0.2, 0) is 9.59 Å². The first-order chi connectivity index (χ1) is 12.5. The minimum absolute atomic E-state index is 0.0144. The van der Waals surface area contributed by atoms with E-state index in [0.29, 0.717) is 16.3 Å². The number of hydrogen-bond donors (Lipinski definition) is 1. The second-order valence-electron chi connectivity index (χ2n) is 5.86. The zero-order valence-corrected chi connectivity index (χ0v) is 15.3. The van der Waals surface area contributed by atoms with Crippen LogP contribution in [0, 0.1) is 0 Å². The molecule has 2 aromatic rings. The fraction of sp³-hybridized carbons (Fsp3) is 0.200. The molecule has 3 rings (SSSR count). The highest BCUT2D eigenvalue weighted by molar-refractivity contribution is 6.45. The van der Waals surface area contributed by atoms with Crippen LogP contribution >= 0.6 is 11.6 Å². The molecule has 0 saturated heterocycles. The van der Waals surface area contributed by atoms with E-state index < -0.39 is 17.6 Å². The third kappa shape index (κ3) is 3.06. The van der Waals surface area contributed by atoms with Gasteiger partial charge in [-0.1, -0.05) is 23.7 Å². The molecule has 2 amide bonds. The van der Waals surface area contributed by atoms with Gasteiger partial charge in [0, 0.05) is 23.8 Å². The van der Waals surface area contributed by atoms with Gasteiger partial charge in [-0.2, -0.15) is 0 Å². The summed E-state index contributed by atoms with van der Waals surface area (Å²) in [5.74, 6) is -1.83. The number of anilines is 2. The Morgan fingerprint density at radius 1 is 0.923 bits per heavy atom. The molecule has 134 valence electrons. The van der Waals surface area contributed by atoms with Gasteiger partial charge in [-0.25, -0.2) is 4.90 Å². The summed E-state index contributed by atoms with van der Waals surface area (Å²) >= 11 is 5.86. The molecule has 1 aliphatic heterocycles. The van der Waals surface area contributed by atoms with Gasteiger partial charge in [0.1, 0.15) is 0 Å². The smallest absolute Gasteiger partial charge is 0.301 e. The lowest BCUT2D eigenvalue weighted by atomic mass is 10.1. The standard InChI is InChI=1S/C20H19ClN2O3/c1-3-22(4-2)15-9-11-16(12-10-15)23-19(25)17(18(24)20(23)26)13-5-7-14(21)8-6-13/h5-12,24H,3-4H2,1-2H3. The first-order valence-corrected chi connectivity index (χ1v) is 8.78. The minimum Gasteiger partial charge on any atom is -0.502 e. The van der Waals surface area contributed by atoms with Crippen LogP contribution in [0.5, 0.6) is 0 Å². The average Bonchev–Trinajstić information content (AvgIpc) is 2.87. The fourth-order valence-corrected chi connectivity index (χ4v) is 3.16. The van der Waals surface area contributed by atoms with Crippen LogP contribution in [-0.4, -0.2) is 30.0 Å². The highest BCUT2D eigenvalue weighted by Gasteiger charge is 2.40. The molecule has 0 fully saturated rings. The predicted molar refractivity (Wildman–Crippen MR) is 103 cm³/mol. The Kier molecular flexibility index (Phi) is 5.00. The molecule has 0 spiro atoms. The number of imide groups is 1. The third-order valence-electron chi connectivity index (χ3n) is 4.43. The van der Waals surface area contributed by atoms with Crippen molar-refractivity contribution in [2.24, 2.45) is 0 Å². The predicted octanol–water partition coefficient (Wildman–Crippen LogP) is 4.03. The number of nitrogens with zero attached hydrogens (tertiary/aromatic N) is 2. The molecule has 0 aromatic heterocycles. The van der Waals surface area contributed by atoms with Crippen LogP contribution in [0.25, 0.3) is 5.57 Å². The van der Waals surface area contributed by atoms with Gasteiger partial charge >= 0.3 is 5.91 Å². The van der Waals surface area contributed by atoms with Crippen molar-refractivity contribution in [3.8, 4) is 0 Å². The summed E-state index contributed by atoms with van der Waals surface area (Å²) in [7, 11) is 0. The molecule has 0 unspecified atom stereocenters. The average molecular weight is 371 g/mol. The first-order valence-electron chi connectivity index (χ1n) is 8.40. The molecule has 0 aliphatic carbocycles.